The standard InChI is InChI=1S/C16H26N2O/c1-5-16(4)12-18(15(2,3)11-17-16)10-13-6-8-14(19)9-7-13/h6-9,17,19H,5,10-12H2,1-4H3. The van der Waals surface area contributed by atoms with Gasteiger partial charge in [0, 0.05) is 30.7 Å². The first-order valence-corrected chi connectivity index (χ1v) is 7.13. The molecule has 0 bridgehead atoms. The van der Waals surface area contributed by atoms with Crippen LogP contribution in [0.3, 0.4) is 0 Å². The van der Waals surface area contributed by atoms with Crippen molar-refractivity contribution in [3.05, 3.63) is 29.8 Å². The van der Waals surface area contributed by atoms with Crippen LogP contribution in [0.15, 0.2) is 24.3 Å². The Bertz CT molecular complexity index is 427. The van der Waals surface area contributed by atoms with E-state index in [9.17, 15) is 5.11 Å². The van der Waals surface area contributed by atoms with Gasteiger partial charge in [0.05, 0.1) is 0 Å². The van der Waals surface area contributed by atoms with E-state index in [-0.39, 0.29) is 11.1 Å². The molecule has 1 fully saturated rings. The quantitative estimate of drug-likeness (QED) is 0.879. The molecule has 2 N–H and O–H groups in total. The first-order valence-electron chi connectivity index (χ1n) is 7.13. The predicted octanol–water partition coefficient (Wildman–Crippen LogP) is 2.74. The number of piperazine rings is 1. The molecule has 19 heavy (non-hydrogen) atoms. The second kappa shape index (κ2) is 5.14. The molecular weight excluding hydrogens is 236 g/mol. The van der Waals surface area contributed by atoms with Crippen LogP contribution in [0.2, 0.25) is 0 Å². The van der Waals surface area contributed by atoms with Gasteiger partial charge in [-0.25, -0.2) is 0 Å². The summed E-state index contributed by atoms with van der Waals surface area (Å²) in [5.41, 5.74) is 1.62. The number of phenolic OH excluding ortho intramolecular Hbond substituents is 1. The number of phenols is 1. The van der Waals surface area contributed by atoms with E-state index in [4.69, 9.17) is 0 Å². The summed E-state index contributed by atoms with van der Waals surface area (Å²) < 4.78 is 0. The summed E-state index contributed by atoms with van der Waals surface area (Å²) in [5, 5.41) is 13.0. The third kappa shape index (κ3) is 3.28. The fraction of sp³-hybridized carbons (Fsp3) is 0.625. The van der Waals surface area contributed by atoms with Crippen LogP contribution in [0.4, 0.5) is 0 Å². The number of benzene rings is 1. The molecule has 2 rings (SSSR count). The molecule has 3 heteroatoms. The Hall–Kier alpha value is -1.06. The Morgan fingerprint density at radius 1 is 1.21 bits per heavy atom. The Labute approximate surface area is 116 Å². The number of nitrogens with zero attached hydrogens (tertiary/aromatic N) is 1. The summed E-state index contributed by atoms with van der Waals surface area (Å²) in [6, 6.07) is 7.56. The Morgan fingerprint density at radius 2 is 1.84 bits per heavy atom. The van der Waals surface area contributed by atoms with Crippen molar-refractivity contribution in [2.24, 2.45) is 0 Å². The Morgan fingerprint density at radius 3 is 2.42 bits per heavy atom. The second-order valence-electron chi connectivity index (χ2n) is 6.60. The SMILES string of the molecule is CCC1(C)CN(Cc2ccc(O)cc2)C(C)(C)CN1. The average molecular weight is 262 g/mol. The largest absolute Gasteiger partial charge is 0.508 e. The summed E-state index contributed by atoms with van der Waals surface area (Å²) in [7, 11) is 0. The molecule has 0 aliphatic carbocycles. The van der Waals surface area contributed by atoms with Crippen LogP contribution in [0, 0.1) is 0 Å². The number of hydrogen-bond donors (Lipinski definition) is 2. The van der Waals surface area contributed by atoms with Crippen molar-refractivity contribution in [2.45, 2.75) is 51.7 Å². The van der Waals surface area contributed by atoms with Gasteiger partial charge >= 0.3 is 0 Å². The van der Waals surface area contributed by atoms with E-state index >= 15 is 0 Å². The minimum atomic E-state index is 0.159. The monoisotopic (exact) mass is 262 g/mol. The van der Waals surface area contributed by atoms with E-state index in [0.717, 1.165) is 26.1 Å². The minimum absolute atomic E-state index is 0.159. The highest BCUT2D eigenvalue weighted by Crippen LogP contribution is 2.27. The number of rotatable bonds is 3. The number of nitrogens with one attached hydrogen (secondary N) is 1. The van der Waals surface area contributed by atoms with Gasteiger partial charge in [-0.2, -0.15) is 0 Å². The maximum atomic E-state index is 9.36. The molecule has 1 heterocycles. The maximum absolute atomic E-state index is 9.36. The maximum Gasteiger partial charge on any atom is 0.115 e. The van der Waals surface area contributed by atoms with Crippen molar-refractivity contribution in [1.82, 2.24) is 10.2 Å². The lowest BCUT2D eigenvalue weighted by Gasteiger charge is -2.50. The smallest absolute Gasteiger partial charge is 0.115 e. The summed E-state index contributed by atoms with van der Waals surface area (Å²) in [6.45, 7) is 12.1. The van der Waals surface area contributed by atoms with E-state index in [2.05, 4.69) is 37.9 Å². The molecule has 0 spiro atoms. The molecule has 1 unspecified atom stereocenters. The lowest BCUT2D eigenvalue weighted by molar-refractivity contribution is 0.0246. The molecule has 3 nitrogen and oxygen atoms in total. The summed E-state index contributed by atoms with van der Waals surface area (Å²) >= 11 is 0. The van der Waals surface area contributed by atoms with Crippen LogP contribution in [-0.4, -0.2) is 34.2 Å². The normalized spacial score (nSPS) is 27.4. The van der Waals surface area contributed by atoms with Crippen LogP contribution < -0.4 is 5.32 Å². The van der Waals surface area contributed by atoms with Gasteiger partial charge in [0.25, 0.3) is 0 Å². The van der Waals surface area contributed by atoms with Gasteiger partial charge in [-0.1, -0.05) is 19.1 Å². The van der Waals surface area contributed by atoms with Gasteiger partial charge in [0.2, 0.25) is 0 Å². The van der Waals surface area contributed by atoms with Crippen molar-refractivity contribution in [3.8, 4) is 5.75 Å². The van der Waals surface area contributed by atoms with Crippen LogP contribution in [-0.2, 0) is 6.54 Å². The van der Waals surface area contributed by atoms with Gasteiger partial charge in [0.15, 0.2) is 0 Å². The van der Waals surface area contributed by atoms with Crippen molar-refractivity contribution < 1.29 is 5.11 Å². The topological polar surface area (TPSA) is 35.5 Å². The first-order chi connectivity index (χ1) is 8.85. The molecule has 1 saturated heterocycles. The highest BCUT2D eigenvalue weighted by Gasteiger charge is 2.38. The zero-order chi connectivity index (χ0) is 14.1. The van der Waals surface area contributed by atoms with Gasteiger partial charge in [-0.15, -0.1) is 0 Å². The van der Waals surface area contributed by atoms with E-state index in [1.165, 1.54) is 5.56 Å². The van der Waals surface area contributed by atoms with Gasteiger partial charge < -0.3 is 10.4 Å². The van der Waals surface area contributed by atoms with Crippen LogP contribution in [0.25, 0.3) is 0 Å². The molecule has 0 saturated carbocycles. The third-order valence-electron chi connectivity index (χ3n) is 4.43. The lowest BCUT2D eigenvalue weighted by atomic mass is 9.88. The van der Waals surface area contributed by atoms with Gasteiger partial charge in [-0.05, 0) is 44.9 Å². The van der Waals surface area contributed by atoms with E-state index in [1.54, 1.807) is 12.1 Å². The minimum Gasteiger partial charge on any atom is -0.508 e. The third-order valence-corrected chi connectivity index (χ3v) is 4.43. The van der Waals surface area contributed by atoms with Gasteiger partial charge in [0.1, 0.15) is 5.75 Å². The fourth-order valence-corrected chi connectivity index (χ4v) is 2.56. The van der Waals surface area contributed by atoms with Crippen LogP contribution in [0.1, 0.15) is 39.7 Å². The zero-order valence-corrected chi connectivity index (χ0v) is 12.5. The van der Waals surface area contributed by atoms with Crippen molar-refractivity contribution in [2.75, 3.05) is 13.1 Å². The van der Waals surface area contributed by atoms with E-state index < -0.39 is 0 Å². The molecule has 1 aromatic rings. The molecule has 1 aliphatic rings. The average Bonchev–Trinajstić information content (AvgIpc) is 2.37. The molecule has 1 aromatic carbocycles. The number of aromatic hydroxyl groups is 1. The van der Waals surface area contributed by atoms with Crippen LogP contribution >= 0.6 is 0 Å². The molecule has 0 aromatic heterocycles. The molecule has 0 radical (unpaired) electrons. The van der Waals surface area contributed by atoms with E-state index in [1.807, 2.05) is 12.1 Å². The number of hydrogen-bond acceptors (Lipinski definition) is 3. The first kappa shape index (κ1) is 14.4. The predicted molar refractivity (Wildman–Crippen MR) is 79.3 cm³/mol. The zero-order valence-electron chi connectivity index (χ0n) is 12.5. The second-order valence-corrected chi connectivity index (χ2v) is 6.60. The summed E-state index contributed by atoms with van der Waals surface area (Å²) in [4.78, 5) is 2.54. The Kier molecular flexibility index (Phi) is 3.88. The van der Waals surface area contributed by atoms with E-state index in [0.29, 0.717) is 5.75 Å². The molecule has 0 amide bonds. The van der Waals surface area contributed by atoms with Crippen molar-refractivity contribution in [1.29, 1.82) is 0 Å². The van der Waals surface area contributed by atoms with Crippen LogP contribution in [0.5, 0.6) is 5.75 Å². The van der Waals surface area contributed by atoms with Crippen molar-refractivity contribution >= 4 is 0 Å². The molecule has 106 valence electrons. The molecule has 1 aliphatic heterocycles. The van der Waals surface area contributed by atoms with Crippen molar-refractivity contribution in [3.63, 3.8) is 0 Å². The highest BCUT2D eigenvalue weighted by atomic mass is 16.3. The fourth-order valence-electron chi connectivity index (χ4n) is 2.56. The summed E-state index contributed by atoms with van der Waals surface area (Å²) in [6.07, 6.45) is 1.13. The van der Waals surface area contributed by atoms with Gasteiger partial charge in [-0.3, -0.25) is 4.90 Å². The summed E-state index contributed by atoms with van der Waals surface area (Å²) in [5.74, 6) is 0.335. The lowest BCUT2D eigenvalue weighted by Crippen LogP contribution is -2.66. The molecule has 1 atom stereocenters. The molecular formula is C16H26N2O. The highest BCUT2D eigenvalue weighted by molar-refractivity contribution is 5.26. The Balaban J connectivity index is 2.13.